The number of fused-ring (bicyclic) bond motifs is 1. The van der Waals surface area contributed by atoms with Gasteiger partial charge in [0.1, 0.15) is 11.4 Å². The number of nitrogens with zero attached hydrogens (tertiary/aromatic N) is 4. The Morgan fingerprint density at radius 1 is 1.26 bits per heavy atom. The van der Waals surface area contributed by atoms with Gasteiger partial charge in [0.15, 0.2) is 0 Å². The van der Waals surface area contributed by atoms with Crippen LogP contribution < -0.4 is 10.1 Å². The summed E-state index contributed by atoms with van der Waals surface area (Å²) in [6.45, 7) is 8.52. The van der Waals surface area contributed by atoms with Gasteiger partial charge in [-0.1, -0.05) is 5.16 Å². The first kappa shape index (κ1) is 20.6. The van der Waals surface area contributed by atoms with E-state index in [1.165, 1.54) is 0 Å². The summed E-state index contributed by atoms with van der Waals surface area (Å²) >= 11 is 0. The SMILES string of the molecule is CCn1cc([C@H](C)NC(=O)c2cc(C)nc3onc(-c4ccc(OC)cc4)c23)c(C)n1. The summed E-state index contributed by atoms with van der Waals surface area (Å²) in [6.07, 6.45) is 1.97. The maximum atomic E-state index is 13.3. The average molecular weight is 419 g/mol. The second kappa shape index (κ2) is 8.22. The summed E-state index contributed by atoms with van der Waals surface area (Å²) in [6, 6.07) is 8.99. The molecule has 4 aromatic rings. The highest BCUT2D eigenvalue weighted by atomic mass is 16.5. The van der Waals surface area contributed by atoms with Crippen molar-refractivity contribution in [2.45, 2.75) is 40.3 Å². The van der Waals surface area contributed by atoms with E-state index in [0.717, 1.165) is 29.1 Å². The summed E-state index contributed by atoms with van der Waals surface area (Å²) in [7, 11) is 1.61. The van der Waals surface area contributed by atoms with Crippen molar-refractivity contribution >= 4 is 17.0 Å². The van der Waals surface area contributed by atoms with Crippen molar-refractivity contribution in [1.82, 2.24) is 25.2 Å². The molecule has 0 radical (unpaired) electrons. The Morgan fingerprint density at radius 2 is 2.00 bits per heavy atom. The lowest BCUT2D eigenvalue weighted by molar-refractivity contribution is 0.0941. The van der Waals surface area contributed by atoms with Crippen LogP contribution in [-0.4, -0.2) is 32.9 Å². The third kappa shape index (κ3) is 3.88. The quantitative estimate of drug-likeness (QED) is 0.503. The predicted octanol–water partition coefficient (Wildman–Crippen LogP) is 4.22. The van der Waals surface area contributed by atoms with Crippen LogP contribution in [0.5, 0.6) is 5.75 Å². The Balaban J connectivity index is 1.72. The number of pyridine rings is 1. The number of carbonyl (C=O) groups is 1. The van der Waals surface area contributed by atoms with E-state index in [1.54, 1.807) is 13.2 Å². The fraction of sp³-hybridized carbons (Fsp3) is 0.304. The molecule has 0 fully saturated rings. The molecular formula is C23H25N5O3. The summed E-state index contributed by atoms with van der Waals surface area (Å²) in [4.78, 5) is 17.7. The normalized spacial score (nSPS) is 12.2. The molecule has 3 heterocycles. The van der Waals surface area contributed by atoms with E-state index in [4.69, 9.17) is 9.26 Å². The lowest BCUT2D eigenvalue weighted by Crippen LogP contribution is -2.27. The third-order valence-corrected chi connectivity index (χ3v) is 5.31. The molecule has 0 unspecified atom stereocenters. The van der Waals surface area contributed by atoms with E-state index in [2.05, 4.69) is 20.6 Å². The van der Waals surface area contributed by atoms with Crippen LogP contribution in [0, 0.1) is 13.8 Å². The predicted molar refractivity (Wildman–Crippen MR) is 117 cm³/mol. The molecule has 1 atom stereocenters. The summed E-state index contributed by atoms with van der Waals surface area (Å²) < 4.78 is 12.6. The number of amides is 1. The second-order valence-electron chi connectivity index (χ2n) is 7.47. The minimum atomic E-state index is -0.218. The molecule has 0 saturated heterocycles. The molecule has 31 heavy (non-hydrogen) atoms. The molecule has 1 aromatic carbocycles. The van der Waals surface area contributed by atoms with Crippen molar-refractivity contribution in [3.05, 3.63) is 59.0 Å². The van der Waals surface area contributed by atoms with Crippen LogP contribution in [0.2, 0.25) is 0 Å². The average Bonchev–Trinajstić information content (AvgIpc) is 3.36. The standard InChI is InChI=1S/C23H25N5O3/c1-6-28-12-19(15(4)26-28)14(3)25-22(29)18-11-13(2)24-23-20(18)21(27-31-23)16-7-9-17(30-5)10-8-16/h7-12,14H,6H2,1-5H3,(H,25,29)/t14-/m0/s1. The van der Waals surface area contributed by atoms with Gasteiger partial charge < -0.3 is 14.6 Å². The fourth-order valence-corrected chi connectivity index (χ4v) is 3.67. The van der Waals surface area contributed by atoms with Gasteiger partial charge in [0.05, 0.1) is 29.8 Å². The maximum absolute atomic E-state index is 13.3. The zero-order chi connectivity index (χ0) is 22.1. The van der Waals surface area contributed by atoms with E-state index in [-0.39, 0.29) is 11.9 Å². The molecule has 0 bridgehead atoms. The highest BCUT2D eigenvalue weighted by Gasteiger charge is 2.23. The largest absolute Gasteiger partial charge is 0.497 e. The molecule has 0 saturated carbocycles. The zero-order valence-electron chi connectivity index (χ0n) is 18.3. The smallest absolute Gasteiger partial charge is 0.259 e. The van der Waals surface area contributed by atoms with Gasteiger partial charge in [0.25, 0.3) is 11.6 Å². The van der Waals surface area contributed by atoms with E-state index in [1.807, 2.05) is 62.8 Å². The number of carbonyl (C=O) groups excluding carboxylic acids is 1. The maximum Gasteiger partial charge on any atom is 0.259 e. The second-order valence-corrected chi connectivity index (χ2v) is 7.47. The van der Waals surface area contributed by atoms with Crippen LogP contribution in [0.15, 0.2) is 41.1 Å². The number of aryl methyl sites for hydroxylation is 3. The van der Waals surface area contributed by atoms with Gasteiger partial charge in [-0.05, 0) is 58.0 Å². The molecule has 1 N–H and O–H groups in total. The van der Waals surface area contributed by atoms with Crippen LogP contribution in [0.1, 0.15) is 47.2 Å². The van der Waals surface area contributed by atoms with E-state index < -0.39 is 0 Å². The van der Waals surface area contributed by atoms with Gasteiger partial charge in [0, 0.05) is 29.6 Å². The van der Waals surface area contributed by atoms with Gasteiger partial charge in [-0.2, -0.15) is 5.10 Å². The Hall–Kier alpha value is -3.68. The van der Waals surface area contributed by atoms with Crippen molar-refractivity contribution in [2.24, 2.45) is 0 Å². The highest BCUT2D eigenvalue weighted by molar-refractivity contribution is 6.09. The molecule has 0 aliphatic carbocycles. The van der Waals surface area contributed by atoms with Crippen molar-refractivity contribution in [2.75, 3.05) is 7.11 Å². The minimum absolute atomic E-state index is 0.208. The van der Waals surface area contributed by atoms with Crippen molar-refractivity contribution < 1.29 is 14.1 Å². The Labute approximate surface area is 180 Å². The van der Waals surface area contributed by atoms with E-state index in [9.17, 15) is 4.79 Å². The van der Waals surface area contributed by atoms with Gasteiger partial charge in [-0.3, -0.25) is 9.48 Å². The number of methoxy groups -OCH3 is 1. The number of nitrogens with one attached hydrogen (secondary N) is 1. The number of aromatic nitrogens is 4. The zero-order valence-corrected chi connectivity index (χ0v) is 18.3. The van der Waals surface area contributed by atoms with Crippen LogP contribution in [0.3, 0.4) is 0 Å². The molecule has 8 heteroatoms. The number of benzene rings is 1. The molecule has 0 aliphatic rings. The Morgan fingerprint density at radius 3 is 2.65 bits per heavy atom. The lowest BCUT2D eigenvalue weighted by Gasteiger charge is -2.14. The molecule has 4 rings (SSSR count). The van der Waals surface area contributed by atoms with Gasteiger partial charge >= 0.3 is 0 Å². The molecular weight excluding hydrogens is 394 g/mol. The summed E-state index contributed by atoms with van der Waals surface area (Å²) in [5.74, 6) is 0.518. The number of hydrogen-bond donors (Lipinski definition) is 1. The van der Waals surface area contributed by atoms with Crippen LogP contribution in [0.25, 0.3) is 22.4 Å². The lowest BCUT2D eigenvalue weighted by atomic mass is 10.0. The topological polar surface area (TPSA) is 95.1 Å². The summed E-state index contributed by atoms with van der Waals surface area (Å²) in [5, 5.41) is 12.3. The van der Waals surface area contributed by atoms with Crippen LogP contribution >= 0.6 is 0 Å². The molecule has 8 nitrogen and oxygen atoms in total. The number of hydrogen-bond acceptors (Lipinski definition) is 6. The highest BCUT2D eigenvalue weighted by Crippen LogP contribution is 2.31. The molecule has 3 aromatic heterocycles. The van der Waals surface area contributed by atoms with Crippen molar-refractivity contribution in [3.63, 3.8) is 0 Å². The fourth-order valence-electron chi connectivity index (χ4n) is 3.67. The third-order valence-electron chi connectivity index (χ3n) is 5.31. The van der Waals surface area contributed by atoms with E-state index in [0.29, 0.717) is 28.1 Å². The Bertz CT molecular complexity index is 1240. The van der Waals surface area contributed by atoms with Crippen LogP contribution in [0.4, 0.5) is 0 Å². The molecule has 0 aliphatic heterocycles. The molecule has 1 amide bonds. The van der Waals surface area contributed by atoms with Crippen molar-refractivity contribution in [1.29, 1.82) is 0 Å². The van der Waals surface area contributed by atoms with Gasteiger partial charge in [-0.25, -0.2) is 4.98 Å². The first-order valence-corrected chi connectivity index (χ1v) is 10.2. The molecule has 160 valence electrons. The minimum Gasteiger partial charge on any atom is -0.497 e. The first-order valence-electron chi connectivity index (χ1n) is 10.2. The molecule has 0 spiro atoms. The monoisotopic (exact) mass is 419 g/mol. The van der Waals surface area contributed by atoms with Gasteiger partial charge in [0.2, 0.25) is 0 Å². The van der Waals surface area contributed by atoms with E-state index >= 15 is 0 Å². The number of ether oxygens (including phenoxy) is 1. The van der Waals surface area contributed by atoms with Crippen LogP contribution in [-0.2, 0) is 6.54 Å². The number of rotatable bonds is 6. The first-order chi connectivity index (χ1) is 14.9. The Kier molecular flexibility index (Phi) is 5.46. The van der Waals surface area contributed by atoms with Gasteiger partial charge in [-0.15, -0.1) is 0 Å². The van der Waals surface area contributed by atoms with Crippen molar-refractivity contribution in [3.8, 4) is 17.0 Å². The summed E-state index contributed by atoms with van der Waals surface area (Å²) in [5.41, 5.74) is 4.75.